The topological polar surface area (TPSA) is 86.8 Å². The van der Waals surface area contributed by atoms with Crippen LogP contribution >= 0.6 is 23.2 Å². The van der Waals surface area contributed by atoms with Gasteiger partial charge in [0.1, 0.15) is 11.9 Å². The minimum absolute atomic E-state index is 0.0540. The summed E-state index contributed by atoms with van der Waals surface area (Å²) < 4.78 is 39.8. The molecular formula is C24H30Cl2FN3O4S. The largest absolute Gasteiger partial charge is 0.355 e. The lowest BCUT2D eigenvalue weighted by molar-refractivity contribution is -0.141. The Morgan fingerprint density at radius 2 is 1.80 bits per heavy atom. The number of amides is 2. The highest BCUT2D eigenvalue weighted by molar-refractivity contribution is 7.92. The summed E-state index contributed by atoms with van der Waals surface area (Å²) in [5.41, 5.74) is 0.539. The van der Waals surface area contributed by atoms with E-state index in [1.165, 1.54) is 29.2 Å². The average molecular weight is 546 g/mol. The normalized spacial score (nSPS) is 12.2. The maximum absolute atomic E-state index is 14.3. The van der Waals surface area contributed by atoms with Gasteiger partial charge in [0.2, 0.25) is 21.8 Å². The number of carbonyl (C=O) groups is 2. The molecule has 0 radical (unpaired) electrons. The van der Waals surface area contributed by atoms with Crippen LogP contribution in [0, 0.1) is 5.82 Å². The Morgan fingerprint density at radius 3 is 2.37 bits per heavy atom. The van der Waals surface area contributed by atoms with Gasteiger partial charge in [-0.05, 0) is 49.6 Å². The molecule has 1 atom stereocenters. The van der Waals surface area contributed by atoms with E-state index < -0.39 is 21.9 Å². The van der Waals surface area contributed by atoms with Crippen molar-refractivity contribution in [2.75, 3.05) is 23.7 Å². The molecule has 0 saturated heterocycles. The molecule has 0 bridgehead atoms. The van der Waals surface area contributed by atoms with E-state index in [4.69, 9.17) is 23.2 Å². The van der Waals surface area contributed by atoms with Gasteiger partial charge >= 0.3 is 0 Å². The van der Waals surface area contributed by atoms with Gasteiger partial charge in [-0.3, -0.25) is 13.9 Å². The Balaban J connectivity index is 2.25. The zero-order chi connectivity index (χ0) is 26.2. The van der Waals surface area contributed by atoms with Crippen LogP contribution in [0.5, 0.6) is 0 Å². The summed E-state index contributed by atoms with van der Waals surface area (Å²) >= 11 is 12.3. The summed E-state index contributed by atoms with van der Waals surface area (Å²) in [4.78, 5) is 27.4. The highest BCUT2D eigenvalue weighted by Crippen LogP contribution is 2.25. The summed E-state index contributed by atoms with van der Waals surface area (Å²) in [5, 5.41) is 3.56. The molecule has 1 N–H and O–H groups in total. The van der Waals surface area contributed by atoms with Crippen LogP contribution in [0.25, 0.3) is 0 Å². The van der Waals surface area contributed by atoms with Crippen molar-refractivity contribution in [1.82, 2.24) is 10.2 Å². The molecule has 0 aliphatic heterocycles. The zero-order valence-corrected chi connectivity index (χ0v) is 22.3. The summed E-state index contributed by atoms with van der Waals surface area (Å²) in [6.45, 7) is 3.97. The molecule has 2 amide bonds. The number of anilines is 1. The Bertz CT molecular complexity index is 1150. The summed E-state index contributed by atoms with van der Waals surface area (Å²) in [7, 11) is -3.78. The summed E-state index contributed by atoms with van der Waals surface area (Å²) in [6, 6.07) is 9.71. The maximum Gasteiger partial charge on any atom is 0.242 e. The number of hydrogen-bond acceptors (Lipinski definition) is 4. The van der Waals surface area contributed by atoms with E-state index in [-0.39, 0.29) is 43.4 Å². The van der Waals surface area contributed by atoms with Crippen LogP contribution < -0.4 is 9.62 Å². The third-order valence-corrected chi connectivity index (χ3v) is 7.13. The quantitative estimate of drug-likeness (QED) is 0.421. The molecule has 0 saturated carbocycles. The SMILES string of the molecule is CCNC(=O)[C@@H](CC)N(Cc1ccc(Cl)cc1Cl)C(=O)CCCN(c1ccccc1F)S(C)(=O)=O. The van der Waals surface area contributed by atoms with Crippen molar-refractivity contribution < 1.29 is 22.4 Å². The van der Waals surface area contributed by atoms with Crippen molar-refractivity contribution in [2.24, 2.45) is 0 Å². The van der Waals surface area contributed by atoms with Crippen molar-refractivity contribution in [3.8, 4) is 0 Å². The summed E-state index contributed by atoms with van der Waals surface area (Å²) in [6.07, 6.45) is 1.42. The predicted molar refractivity (Wildman–Crippen MR) is 138 cm³/mol. The minimum Gasteiger partial charge on any atom is -0.355 e. The van der Waals surface area contributed by atoms with Crippen molar-refractivity contribution in [1.29, 1.82) is 0 Å². The number of hydrogen-bond donors (Lipinski definition) is 1. The zero-order valence-electron chi connectivity index (χ0n) is 19.9. The smallest absolute Gasteiger partial charge is 0.242 e. The Labute approximate surface area is 216 Å². The van der Waals surface area contributed by atoms with Crippen molar-refractivity contribution >= 4 is 50.7 Å². The fourth-order valence-corrected chi connectivity index (χ4v) is 5.12. The van der Waals surface area contributed by atoms with Crippen LogP contribution in [-0.4, -0.2) is 50.5 Å². The molecule has 2 rings (SSSR count). The Morgan fingerprint density at radius 1 is 1.11 bits per heavy atom. The molecular weight excluding hydrogens is 516 g/mol. The van der Waals surface area contributed by atoms with Crippen LogP contribution in [0.1, 0.15) is 38.7 Å². The van der Waals surface area contributed by atoms with Gasteiger partial charge in [-0.25, -0.2) is 12.8 Å². The molecule has 0 aromatic heterocycles. The lowest BCUT2D eigenvalue weighted by Crippen LogP contribution is -2.49. The first-order valence-electron chi connectivity index (χ1n) is 11.2. The van der Waals surface area contributed by atoms with Crippen molar-refractivity contribution in [3.63, 3.8) is 0 Å². The summed E-state index contributed by atoms with van der Waals surface area (Å²) in [5.74, 6) is -1.32. The number of rotatable bonds is 12. The number of likely N-dealkylation sites (N-methyl/N-ethyl adjacent to an activating group) is 1. The molecule has 192 valence electrons. The van der Waals surface area contributed by atoms with Crippen molar-refractivity contribution in [2.45, 2.75) is 45.7 Å². The van der Waals surface area contributed by atoms with Crippen LogP contribution in [0.4, 0.5) is 10.1 Å². The number of nitrogens with zero attached hydrogens (tertiary/aromatic N) is 2. The first kappa shape index (κ1) is 28.9. The maximum atomic E-state index is 14.3. The first-order chi connectivity index (χ1) is 16.5. The molecule has 0 aliphatic carbocycles. The molecule has 0 fully saturated rings. The fourth-order valence-electron chi connectivity index (χ4n) is 3.68. The number of carbonyl (C=O) groups excluding carboxylic acids is 2. The first-order valence-corrected chi connectivity index (χ1v) is 13.8. The van der Waals surface area contributed by atoms with E-state index >= 15 is 0 Å². The molecule has 2 aromatic carbocycles. The molecule has 11 heteroatoms. The van der Waals surface area contributed by atoms with E-state index in [0.717, 1.165) is 10.6 Å². The van der Waals surface area contributed by atoms with Crippen LogP contribution in [0.15, 0.2) is 42.5 Å². The Kier molecular flexibility index (Phi) is 10.8. The second kappa shape index (κ2) is 13.1. The molecule has 0 unspecified atom stereocenters. The predicted octanol–water partition coefficient (Wildman–Crippen LogP) is 4.62. The second-order valence-corrected chi connectivity index (χ2v) is 10.7. The van der Waals surface area contributed by atoms with Gasteiger partial charge in [-0.1, -0.05) is 48.3 Å². The van der Waals surface area contributed by atoms with Gasteiger partial charge in [0.15, 0.2) is 0 Å². The average Bonchev–Trinajstić information content (AvgIpc) is 2.78. The standard InChI is InChI=1S/C24H30Cl2FN3O4S/c1-4-21(24(32)28-5-2)29(16-17-12-13-18(25)15-19(17)26)23(31)11-8-14-30(35(3,33)34)22-10-7-6-9-20(22)27/h6-7,9-10,12-13,15,21H,4-5,8,11,14,16H2,1-3H3,(H,28,32)/t21-/m1/s1. The lowest BCUT2D eigenvalue weighted by Gasteiger charge is -2.31. The van der Waals surface area contributed by atoms with Gasteiger partial charge in [-0.15, -0.1) is 0 Å². The van der Waals surface area contributed by atoms with E-state index in [1.54, 1.807) is 32.0 Å². The molecule has 0 heterocycles. The number of halogens is 3. The van der Waals surface area contributed by atoms with Gasteiger partial charge in [0.25, 0.3) is 0 Å². The number of benzene rings is 2. The molecule has 0 aliphatic rings. The molecule has 35 heavy (non-hydrogen) atoms. The van der Waals surface area contributed by atoms with Crippen LogP contribution in [0.2, 0.25) is 10.0 Å². The third-order valence-electron chi connectivity index (χ3n) is 5.37. The van der Waals surface area contributed by atoms with E-state index in [1.807, 2.05) is 0 Å². The number of para-hydroxylation sites is 1. The fraction of sp³-hybridized carbons (Fsp3) is 0.417. The number of nitrogens with one attached hydrogen (secondary N) is 1. The monoisotopic (exact) mass is 545 g/mol. The van der Waals surface area contributed by atoms with Crippen molar-refractivity contribution in [3.05, 3.63) is 63.9 Å². The van der Waals surface area contributed by atoms with E-state index in [2.05, 4.69) is 5.32 Å². The van der Waals surface area contributed by atoms with Gasteiger partial charge in [-0.2, -0.15) is 0 Å². The van der Waals surface area contributed by atoms with E-state index in [9.17, 15) is 22.4 Å². The molecule has 0 spiro atoms. The second-order valence-electron chi connectivity index (χ2n) is 7.97. The highest BCUT2D eigenvalue weighted by atomic mass is 35.5. The van der Waals surface area contributed by atoms with E-state index in [0.29, 0.717) is 28.6 Å². The lowest BCUT2D eigenvalue weighted by atomic mass is 10.1. The Hall–Kier alpha value is -2.36. The third kappa shape index (κ3) is 8.08. The van der Waals surface area contributed by atoms with Gasteiger partial charge < -0.3 is 10.2 Å². The molecule has 7 nitrogen and oxygen atoms in total. The minimum atomic E-state index is -3.78. The number of sulfonamides is 1. The van der Waals surface area contributed by atoms with Gasteiger partial charge in [0.05, 0.1) is 11.9 Å². The van der Waals surface area contributed by atoms with Gasteiger partial charge in [0, 0.05) is 36.1 Å². The van der Waals surface area contributed by atoms with Crippen LogP contribution in [-0.2, 0) is 26.2 Å². The molecule has 2 aromatic rings. The van der Waals surface area contributed by atoms with Crippen LogP contribution in [0.3, 0.4) is 0 Å². The highest BCUT2D eigenvalue weighted by Gasteiger charge is 2.29.